The molecule has 0 saturated heterocycles. The number of anilines is 1. The Balaban J connectivity index is 2.21. The van der Waals surface area contributed by atoms with Crippen molar-refractivity contribution in [3.05, 3.63) is 28.8 Å². The molecule has 19 heavy (non-hydrogen) atoms. The lowest BCUT2D eigenvalue weighted by molar-refractivity contribution is 0.149. The second-order valence-corrected chi connectivity index (χ2v) is 5.98. The molecule has 3 nitrogen and oxygen atoms in total. The Morgan fingerprint density at radius 2 is 2.37 bits per heavy atom. The Hall–Kier alpha value is -1.24. The molecule has 102 valence electrons. The Kier molecular flexibility index (Phi) is 4.34. The van der Waals surface area contributed by atoms with Crippen molar-refractivity contribution >= 4 is 17.3 Å². The molecule has 1 aromatic carbocycles. The molecule has 0 spiro atoms. The third kappa shape index (κ3) is 3.20. The standard InChI is InChI=1S/C15H19ClN2O/c1-11-3-2-6-15(8-11,10-19)18-14-5-4-12(9-17)7-13(14)16/h4-5,7,11,18-19H,2-3,6,8,10H2,1H3. The molecule has 1 fully saturated rings. The number of halogens is 1. The van der Waals surface area contributed by atoms with Crippen LogP contribution in [0.1, 0.15) is 38.2 Å². The highest BCUT2D eigenvalue weighted by Gasteiger charge is 2.34. The molecule has 1 aromatic rings. The van der Waals surface area contributed by atoms with Crippen LogP contribution < -0.4 is 5.32 Å². The summed E-state index contributed by atoms with van der Waals surface area (Å²) in [7, 11) is 0. The first-order valence-electron chi connectivity index (χ1n) is 6.67. The molecule has 0 amide bonds. The number of nitriles is 1. The number of rotatable bonds is 3. The zero-order valence-corrected chi connectivity index (χ0v) is 11.9. The first-order chi connectivity index (χ1) is 9.08. The molecule has 1 aliphatic rings. The Labute approximate surface area is 119 Å². The summed E-state index contributed by atoms with van der Waals surface area (Å²) in [4.78, 5) is 0. The van der Waals surface area contributed by atoms with Crippen molar-refractivity contribution < 1.29 is 5.11 Å². The quantitative estimate of drug-likeness (QED) is 0.889. The average molecular weight is 279 g/mol. The third-order valence-corrected chi connectivity index (χ3v) is 4.20. The normalized spacial score (nSPS) is 26.7. The van der Waals surface area contributed by atoms with Crippen molar-refractivity contribution in [3.63, 3.8) is 0 Å². The number of aliphatic hydroxyl groups excluding tert-OH is 1. The van der Waals surface area contributed by atoms with Gasteiger partial charge in [0.25, 0.3) is 0 Å². The van der Waals surface area contributed by atoms with Gasteiger partial charge in [-0.05, 0) is 37.0 Å². The fraction of sp³-hybridized carbons (Fsp3) is 0.533. The summed E-state index contributed by atoms with van der Waals surface area (Å²) in [5.74, 6) is 0.602. The molecule has 4 heteroatoms. The SMILES string of the molecule is CC1CCCC(CO)(Nc2ccc(C#N)cc2Cl)C1. The van der Waals surface area contributed by atoms with Crippen molar-refractivity contribution in [1.29, 1.82) is 5.26 Å². The Bertz CT molecular complexity index is 497. The van der Waals surface area contributed by atoms with Gasteiger partial charge >= 0.3 is 0 Å². The number of benzene rings is 1. The summed E-state index contributed by atoms with van der Waals surface area (Å²) in [5.41, 5.74) is 1.06. The lowest BCUT2D eigenvalue weighted by Crippen LogP contribution is -2.45. The smallest absolute Gasteiger partial charge is 0.0992 e. The fourth-order valence-electron chi connectivity index (χ4n) is 2.93. The van der Waals surface area contributed by atoms with E-state index in [0.29, 0.717) is 16.5 Å². The maximum Gasteiger partial charge on any atom is 0.0992 e. The van der Waals surface area contributed by atoms with E-state index < -0.39 is 0 Å². The highest BCUT2D eigenvalue weighted by molar-refractivity contribution is 6.33. The van der Waals surface area contributed by atoms with E-state index in [1.54, 1.807) is 12.1 Å². The molecule has 0 aromatic heterocycles. The van der Waals surface area contributed by atoms with Gasteiger partial charge < -0.3 is 10.4 Å². The summed E-state index contributed by atoms with van der Waals surface area (Å²) in [6.45, 7) is 2.32. The summed E-state index contributed by atoms with van der Waals surface area (Å²) in [6, 6.07) is 7.28. The molecule has 0 heterocycles. The van der Waals surface area contributed by atoms with E-state index in [4.69, 9.17) is 16.9 Å². The van der Waals surface area contributed by atoms with E-state index in [1.165, 1.54) is 6.42 Å². The minimum absolute atomic E-state index is 0.105. The highest BCUT2D eigenvalue weighted by Crippen LogP contribution is 2.36. The Morgan fingerprint density at radius 3 is 2.95 bits per heavy atom. The molecule has 1 saturated carbocycles. The predicted molar refractivity (Wildman–Crippen MR) is 77.2 cm³/mol. The van der Waals surface area contributed by atoms with Crippen LogP contribution in [-0.2, 0) is 0 Å². The van der Waals surface area contributed by atoms with Crippen LogP contribution in [0.25, 0.3) is 0 Å². The molecular weight excluding hydrogens is 260 g/mol. The number of hydrogen-bond acceptors (Lipinski definition) is 3. The highest BCUT2D eigenvalue weighted by atomic mass is 35.5. The van der Waals surface area contributed by atoms with Crippen molar-refractivity contribution in [2.75, 3.05) is 11.9 Å². The lowest BCUT2D eigenvalue weighted by Gasteiger charge is -2.40. The largest absolute Gasteiger partial charge is 0.394 e. The van der Waals surface area contributed by atoms with E-state index >= 15 is 0 Å². The maximum absolute atomic E-state index is 9.75. The first-order valence-corrected chi connectivity index (χ1v) is 7.05. The van der Waals surface area contributed by atoms with Crippen LogP contribution in [0.4, 0.5) is 5.69 Å². The first kappa shape index (κ1) is 14.2. The summed E-state index contributed by atoms with van der Waals surface area (Å²) in [6.07, 6.45) is 4.22. The second kappa shape index (κ2) is 5.81. The topological polar surface area (TPSA) is 56.0 Å². The van der Waals surface area contributed by atoms with Gasteiger partial charge in [0.15, 0.2) is 0 Å². The average Bonchev–Trinajstić information content (AvgIpc) is 2.41. The van der Waals surface area contributed by atoms with Gasteiger partial charge in [0.2, 0.25) is 0 Å². The van der Waals surface area contributed by atoms with Crippen LogP contribution in [0.5, 0.6) is 0 Å². The third-order valence-electron chi connectivity index (χ3n) is 3.89. The van der Waals surface area contributed by atoms with Gasteiger partial charge in [-0.1, -0.05) is 31.4 Å². The van der Waals surface area contributed by atoms with Gasteiger partial charge in [0.05, 0.1) is 34.5 Å². The zero-order chi connectivity index (χ0) is 13.9. The van der Waals surface area contributed by atoms with Gasteiger partial charge in [-0.3, -0.25) is 0 Å². The van der Waals surface area contributed by atoms with Crippen LogP contribution in [-0.4, -0.2) is 17.3 Å². The van der Waals surface area contributed by atoms with E-state index in [-0.39, 0.29) is 12.1 Å². The van der Waals surface area contributed by atoms with Crippen LogP contribution in [0, 0.1) is 17.2 Å². The molecule has 2 N–H and O–H groups in total. The van der Waals surface area contributed by atoms with E-state index in [1.807, 2.05) is 6.07 Å². The van der Waals surface area contributed by atoms with Gasteiger partial charge in [-0.25, -0.2) is 0 Å². The number of nitrogens with zero attached hydrogens (tertiary/aromatic N) is 1. The van der Waals surface area contributed by atoms with Crippen molar-refractivity contribution in [3.8, 4) is 6.07 Å². The lowest BCUT2D eigenvalue weighted by atomic mass is 9.76. The van der Waals surface area contributed by atoms with Crippen LogP contribution >= 0.6 is 11.6 Å². The van der Waals surface area contributed by atoms with E-state index in [0.717, 1.165) is 24.9 Å². The monoisotopic (exact) mass is 278 g/mol. The number of nitrogens with one attached hydrogen (secondary N) is 1. The minimum Gasteiger partial charge on any atom is -0.394 e. The summed E-state index contributed by atoms with van der Waals surface area (Å²) >= 11 is 6.19. The Morgan fingerprint density at radius 1 is 1.58 bits per heavy atom. The van der Waals surface area contributed by atoms with Gasteiger partial charge in [0.1, 0.15) is 0 Å². The molecule has 1 aliphatic carbocycles. The molecule has 0 bridgehead atoms. The van der Waals surface area contributed by atoms with Gasteiger partial charge in [-0.15, -0.1) is 0 Å². The zero-order valence-electron chi connectivity index (χ0n) is 11.1. The summed E-state index contributed by atoms with van der Waals surface area (Å²) in [5, 5.41) is 22.5. The molecule has 2 rings (SSSR count). The predicted octanol–water partition coefficient (Wildman–Crippen LogP) is 3.56. The summed E-state index contributed by atoms with van der Waals surface area (Å²) < 4.78 is 0. The van der Waals surface area contributed by atoms with Crippen LogP contribution in [0.15, 0.2) is 18.2 Å². The van der Waals surface area contributed by atoms with Crippen LogP contribution in [0.3, 0.4) is 0 Å². The van der Waals surface area contributed by atoms with Crippen molar-refractivity contribution in [1.82, 2.24) is 0 Å². The number of hydrogen-bond donors (Lipinski definition) is 2. The fourth-order valence-corrected chi connectivity index (χ4v) is 3.16. The second-order valence-electron chi connectivity index (χ2n) is 5.57. The van der Waals surface area contributed by atoms with Crippen molar-refractivity contribution in [2.24, 2.45) is 5.92 Å². The van der Waals surface area contributed by atoms with Crippen LogP contribution in [0.2, 0.25) is 5.02 Å². The molecule has 0 radical (unpaired) electrons. The van der Waals surface area contributed by atoms with Gasteiger partial charge in [0, 0.05) is 0 Å². The minimum atomic E-state index is -0.282. The molecule has 2 unspecified atom stereocenters. The van der Waals surface area contributed by atoms with Gasteiger partial charge in [-0.2, -0.15) is 5.26 Å². The van der Waals surface area contributed by atoms with E-state index in [2.05, 4.69) is 18.3 Å². The molecular formula is C15H19ClN2O. The maximum atomic E-state index is 9.75. The van der Waals surface area contributed by atoms with E-state index in [9.17, 15) is 5.11 Å². The number of aliphatic hydroxyl groups is 1. The van der Waals surface area contributed by atoms with Crippen molar-refractivity contribution in [2.45, 2.75) is 38.1 Å². The molecule has 0 aliphatic heterocycles. The molecule has 2 atom stereocenters.